The van der Waals surface area contributed by atoms with Crippen LogP contribution in [0, 0.1) is 0 Å². The maximum absolute atomic E-state index is 11.6. The Balaban J connectivity index is 2.15. The molecule has 0 bridgehead atoms. The molecule has 0 saturated heterocycles. The number of carbonyl (C=O) groups is 2. The zero-order chi connectivity index (χ0) is 11.5. The lowest BCUT2D eigenvalue weighted by atomic mass is 10.0. The molecule has 2 heterocycles. The summed E-state index contributed by atoms with van der Waals surface area (Å²) >= 11 is 0. The molecule has 5 heteroatoms. The van der Waals surface area contributed by atoms with Crippen molar-refractivity contribution in [1.82, 2.24) is 0 Å². The quantitative estimate of drug-likeness (QED) is 0.558. The van der Waals surface area contributed by atoms with E-state index in [-0.39, 0.29) is 17.8 Å². The summed E-state index contributed by atoms with van der Waals surface area (Å²) in [5, 5.41) is 0. The van der Waals surface area contributed by atoms with Gasteiger partial charge in [0, 0.05) is 0 Å². The molecular weight excluding hydrogens is 212 g/mol. The van der Waals surface area contributed by atoms with E-state index in [0.29, 0.717) is 5.76 Å². The van der Waals surface area contributed by atoms with Crippen molar-refractivity contribution in [3.05, 3.63) is 36.0 Å². The van der Waals surface area contributed by atoms with Gasteiger partial charge in [-0.1, -0.05) is 0 Å². The van der Waals surface area contributed by atoms with E-state index in [0.717, 1.165) is 6.26 Å². The van der Waals surface area contributed by atoms with Crippen LogP contribution in [0.5, 0.6) is 0 Å². The fraction of sp³-hybridized carbons (Fsp3) is 0.273. The number of carbonyl (C=O) groups excluding carboxylic acids is 2. The number of esters is 1. The van der Waals surface area contributed by atoms with Crippen LogP contribution in [0.1, 0.15) is 18.3 Å². The minimum atomic E-state index is -0.678. The zero-order valence-corrected chi connectivity index (χ0v) is 8.64. The number of rotatable bonds is 2. The highest BCUT2D eigenvalue weighted by molar-refractivity contribution is 6.17. The number of Topliss-reactive ketones (excluding diaryl/α,β-unsaturated/α-hetero) is 1. The Morgan fingerprint density at radius 2 is 2.38 bits per heavy atom. The second-order valence-corrected chi connectivity index (χ2v) is 3.29. The fourth-order valence-electron chi connectivity index (χ4n) is 1.46. The maximum atomic E-state index is 11.6. The van der Waals surface area contributed by atoms with Gasteiger partial charge in [0.05, 0.1) is 19.8 Å². The van der Waals surface area contributed by atoms with Crippen molar-refractivity contribution >= 4 is 11.8 Å². The summed E-state index contributed by atoms with van der Waals surface area (Å²) in [6.45, 7) is 0. The van der Waals surface area contributed by atoms with Gasteiger partial charge in [0.25, 0.3) is 0 Å². The van der Waals surface area contributed by atoms with Crippen LogP contribution in [0.2, 0.25) is 0 Å². The standard InChI is InChI=1S/C11H10O5/c1-14-11(13)7-6-16-10(5-8(7)12)9-3-2-4-15-9/h2-4,6,10H,5H2,1H3/t10-/m1/s1. The highest BCUT2D eigenvalue weighted by Gasteiger charge is 2.30. The van der Waals surface area contributed by atoms with Crippen LogP contribution in [0.15, 0.2) is 34.6 Å². The van der Waals surface area contributed by atoms with Gasteiger partial charge in [0.2, 0.25) is 0 Å². The molecule has 1 aliphatic heterocycles. The van der Waals surface area contributed by atoms with Crippen molar-refractivity contribution in [2.45, 2.75) is 12.5 Å². The molecule has 0 radical (unpaired) electrons. The topological polar surface area (TPSA) is 65.7 Å². The van der Waals surface area contributed by atoms with Crippen LogP contribution in [0.25, 0.3) is 0 Å². The third kappa shape index (κ3) is 1.84. The first kappa shape index (κ1) is 10.5. The van der Waals surface area contributed by atoms with Crippen LogP contribution < -0.4 is 0 Å². The molecular formula is C11H10O5. The van der Waals surface area contributed by atoms with E-state index in [1.807, 2.05) is 0 Å². The molecule has 0 aliphatic carbocycles. The van der Waals surface area contributed by atoms with Gasteiger partial charge in [-0.3, -0.25) is 4.79 Å². The van der Waals surface area contributed by atoms with Gasteiger partial charge in [-0.05, 0) is 12.1 Å². The van der Waals surface area contributed by atoms with Crippen LogP contribution >= 0.6 is 0 Å². The minimum Gasteiger partial charge on any atom is -0.489 e. The molecule has 0 unspecified atom stereocenters. The van der Waals surface area contributed by atoms with Gasteiger partial charge >= 0.3 is 5.97 Å². The Hall–Kier alpha value is -2.04. The number of hydrogen-bond donors (Lipinski definition) is 0. The number of ether oxygens (including phenoxy) is 2. The van der Waals surface area contributed by atoms with Crippen molar-refractivity contribution < 1.29 is 23.5 Å². The Labute approximate surface area is 91.6 Å². The second-order valence-electron chi connectivity index (χ2n) is 3.29. The van der Waals surface area contributed by atoms with Gasteiger partial charge in [0.1, 0.15) is 17.6 Å². The number of furan rings is 1. The number of methoxy groups -OCH3 is 1. The van der Waals surface area contributed by atoms with Crippen molar-refractivity contribution in [2.24, 2.45) is 0 Å². The lowest BCUT2D eigenvalue weighted by Gasteiger charge is -2.19. The van der Waals surface area contributed by atoms with Crippen molar-refractivity contribution in [3.63, 3.8) is 0 Å². The fourth-order valence-corrected chi connectivity index (χ4v) is 1.46. The van der Waals surface area contributed by atoms with Gasteiger partial charge in [0.15, 0.2) is 11.9 Å². The number of ketones is 1. The molecule has 0 N–H and O–H groups in total. The van der Waals surface area contributed by atoms with Crippen LogP contribution in [-0.2, 0) is 19.1 Å². The predicted molar refractivity (Wildman–Crippen MR) is 52.3 cm³/mol. The highest BCUT2D eigenvalue weighted by atomic mass is 16.5. The van der Waals surface area contributed by atoms with Gasteiger partial charge < -0.3 is 13.9 Å². The second kappa shape index (κ2) is 4.22. The molecule has 0 spiro atoms. The smallest absolute Gasteiger partial charge is 0.344 e. The van der Waals surface area contributed by atoms with E-state index < -0.39 is 12.1 Å². The molecule has 1 aliphatic rings. The van der Waals surface area contributed by atoms with Crippen LogP contribution in [-0.4, -0.2) is 18.9 Å². The van der Waals surface area contributed by atoms with Gasteiger partial charge in [-0.15, -0.1) is 0 Å². The summed E-state index contributed by atoms with van der Waals surface area (Å²) in [6, 6.07) is 3.43. The first-order chi connectivity index (χ1) is 7.72. The average Bonchev–Trinajstić information content (AvgIpc) is 2.81. The van der Waals surface area contributed by atoms with Crippen molar-refractivity contribution in [1.29, 1.82) is 0 Å². The van der Waals surface area contributed by atoms with Crippen LogP contribution in [0.4, 0.5) is 0 Å². The summed E-state index contributed by atoms with van der Waals surface area (Å²) in [4.78, 5) is 22.8. The molecule has 0 saturated carbocycles. The minimum absolute atomic E-state index is 0.0645. The van der Waals surface area contributed by atoms with E-state index in [2.05, 4.69) is 4.74 Å². The third-order valence-corrected chi connectivity index (χ3v) is 2.29. The summed E-state index contributed by atoms with van der Waals surface area (Å²) in [5.41, 5.74) is -0.0645. The molecule has 0 fully saturated rings. The molecule has 1 atom stereocenters. The first-order valence-electron chi connectivity index (χ1n) is 4.73. The lowest BCUT2D eigenvalue weighted by molar-refractivity contribution is -0.139. The van der Waals surface area contributed by atoms with Gasteiger partial charge in [-0.25, -0.2) is 4.79 Å². The molecule has 0 amide bonds. The Morgan fingerprint density at radius 1 is 1.56 bits per heavy atom. The van der Waals surface area contributed by atoms with Crippen LogP contribution in [0.3, 0.4) is 0 Å². The Kier molecular flexibility index (Phi) is 2.76. The van der Waals surface area contributed by atoms with E-state index in [9.17, 15) is 9.59 Å². The SMILES string of the molecule is COC(=O)C1=CO[C@@H](c2ccco2)CC1=O. The van der Waals surface area contributed by atoms with E-state index >= 15 is 0 Å². The molecule has 84 valence electrons. The Bertz CT molecular complexity index is 429. The monoisotopic (exact) mass is 222 g/mol. The predicted octanol–water partition coefficient (Wildman–Crippen LogP) is 1.37. The lowest BCUT2D eigenvalue weighted by Crippen LogP contribution is -2.22. The van der Waals surface area contributed by atoms with E-state index in [1.165, 1.54) is 13.4 Å². The molecule has 1 aromatic rings. The summed E-state index contributed by atoms with van der Waals surface area (Å²) in [5.74, 6) is -0.420. The zero-order valence-electron chi connectivity index (χ0n) is 8.64. The van der Waals surface area contributed by atoms with Crippen molar-refractivity contribution in [3.8, 4) is 0 Å². The first-order valence-corrected chi connectivity index (χ1v) is 4.73. The Morgan fingerprint density at radius 3 is 2.94 bits per heavy atom. The summed E-state index contributed by atoms with van der Waals surface area (Å²) in [7, 11) is 1.22. The molecule has 0 aromatic carbocycles. The highest BCUT2D eigenvalue weighted by Crippen LogP contribution is 2.28. The van der Waals surface area contributed by atoms with Crippen molar-refractivity contribution in [2.75, 3.05) is 7.11 Å². The molecule has 5 nitrogen and oxygen atoms in total. The molecule has 2 rings (SSSR count). The maximum Gasteiger partial charge on any atom is 0.344 e. The largest absolute Gasteiger partial charge is 0.489 e. The summed E-state index contributed by atoms with van der Waals surface area (Å²) < 4.78 is 14.8. The summed E-state index contributed by atoms with van der Waals surface area (Å²) in [6.07, 6.45) is 2.25. The number of hydrogen-bond acceptors (Lipinski definition) is 5. The molecule has 1 aromatic heterocycles. The molecule has 16 heavy (non-hydrogen) atoms. The van der Waals surface area contributed by atoms with E-state index in [1.54, 1.807) is 12.1 Å². The normalized spacial score (nSPS) is 19.9. The van der Waals surface area contributed by atoms with E-state index in [4.69, 9.17) is 9.15 Å². The van der Waals surface area contributed by atoms with Gasteiger partial charge in [-0.2, -0.15) is 0 Å². The average molecular weight is 222 g/mol. The third-order valence-electron chi connectivity index (χ3n) is 2.29.